The van der Waals surface area contributed by atoms with Crippen LogP contribution in [0.15, 0.2) is 36.4 Å². The molecule has 0 fully saturated rings. The van der Waals surface area contributed by atoms with Crippen LogP contribution in [0.25, 0.3) is 0 Å². The van der Waals surface area contributed by atoms with Gasteiger partial charge in [-0.1, -0.05) is 24.3 Å². The van der Waals surface area contributed by atoms with Crippen LogP contribution in [0.2, 0.25) is 0 Å². The molecule has 0 bridgehead atoms. The fourth-order valence-electron chi connectivity index (χ4n) is 3.93. The van der Waals surface area contributed by atoms with Gasteiger partial charge in [-0.05, 0) is 66.9 Å². The van der Waals surface area contributed by atoms with E-state index in [1.807, 2.05) is 6.92 Å². The zero-order chi connectivity index (χ0) is 20.8. The Morgan fingerprint density at radius 2 is 1.86 bits per heavy atom. The third kappa shape index (κ3) is 5.00. The van der Waals surface area contributed by atoms with Gasteiger partial charge in [0, 0.05) is 26.2 Å². The van der Waals surface area contributed by atoms with Crippen molar-refractivity contribution in [3.8, 4) is 11.5 Å². The maximum Gasteiger partial charge on any atom is 0.166 e. The number of hydrogen-bond donors (Lipinski definition) is 2. The quantitative estimate of drug-likeness (QED) is 0.677. The van der Waals surface area contributed by atoms with E-state index in [-0.39, 0.29) is 6.04 Å². The third-order valence-corrected chi connectivity index (χ3v) is 5.83. The van der Waals surface area contributed by atoms with Crippen LogP contribution in [-0.4, -0.2) is 43.9 Å². The highest BCUT2D eigenvalue weighted by Gasteiger charge is 2.29. The predicted octanol–water partition coefficient (Wildman–Crippen LogP) is 3.60. The lowest BCUT2D eigenvalue weighted by Crippen LogP contribution is -2.44. The van der Waals surface area contributed by atoms with E-state index >= 15 is 0 Å². The highest BCUT2D eigenvalue weighted by Crippen LogP contribution is 2.38. The van der Waals surface area contributed by atoms with Gasteiger partial charge in [-0.25, -0.2) is 0 Å². The van der Waals surface area contributed by atoms with E-state index in [1.165, 1.54) is 22.3 Å². The Bertz CT molecular complexity index is 856. The molecule has 0 saturated carbocycles. The number of nitrogens with one attached hydrogen (secondary N) is 2. The van der Waals surface area contributed by atoms with E-state index in [4.69, 9.17) is 21.7 Å². The van der Waals surface area contributed by atoms with Gasteiger partial charge in [0.2, 0.25) is 0 Å². The molecule has 6 heteroatoms. The van der Waals surface area contributed by atoms with Gasteiger partial charge < -0.3 is 20.1 Å². The maximum absolute atomic E-state index is 5.59. The first-order valence-electron chi connectivity index (χ1n) is 10.1. The molecule has 1 aliphatic heterocycles. The Labute approximate surface area is 179 Å². The number of hydrogen-bond acceptors (Lipinski definition) is 4. The topological polar surface area (TPSA) is 45.8 Å². The number of rotatable bonds is 7. The summed E-state index contributed by atoms with van der Waals surface area (Å²) in [4.78, 5) is 2.53. The second-order valence-corrected chi connectivity index (χ2v) is 7.72. The number of nitrogens with zero attached hydrogens (tertiary/aromatic N) is 1. The number of methoxy groups -OCH3 is 2. The second-order valence-electron chi connectivity index (χ2n) is 7.31. The summed E-state index contributed by atoms with van der Waals surface area (Å²) >= 11 is 5.41. The van der Waals surface area contributed by atoms with Crippen molar-refractivity contribution in [2.24, 2.45) is 0 Å². The lowest BCUT2D eigenvalue weighted by atomic mass is 9.91. The smallest absolute Gasteiger partial charge is 0.166 e. The van der Waals surface area contributed by atoms with Crippen molar-refractivity contribution in [2.45, 2.75) is 32.9 Å². The Kier molecular flexibility index (Phi) is 7.34. The number of ether oxygens (including phenoxy) is 2. The van der Waals surface area contributed by atoms with Gasteiger partial charge in [0.25, 0.3) is 0 Å². The molecule has 0 aromatic heterocycles. The zero-order valence-electron chi connectivity index (χ0n) is 17.7. The first kappa shape index (κ1) is 21.4. The maximum atomic E-state index is 5.59. The van der Waals surface area contributed by atoms with Crippen LogP contribution in [-0.2, 0) is 13.0 Å². The van der Waals surface area contributed by atoms with E-state index in [2.05, 4.69) is 58.9 Å². The molecule has 0 aliphatic carbocycles. The Balaban J connectivity index is 1.92. The van der Waals surface area contributed by atoms with Crippen molar-refractivity contribution in [3.63, 3.8) is 0 Å². The molecule has 2 aromatic carbocycles. The summed E-state index contributed by atoms with van der Waals surface area (Å²) in [7, 11) is 3.37. The van der Waals surface area contributed by atoms with Crippen molar-refractivity contribution in [1.29, 1.82) is 0 Å². The number of fused-ring (bicyclic) bond motifs is 1. The van der Waals surface area contributed by atoms with Gasteiger partial charge in [0.05, 0.1) is 20.3 Å². The number of thiocarbonyl (C=S) groups is 1. The highest BCUT2D eigenvalue weighted by molar-refractivity contribution is 7.80. The molecule has 1 aliphatic rings. The van der Waals surface area contributed by atoms with Crippen LogP contribution < -0.4 is 20.1 Å². The van der Waals surface area contributed by atoms with Crippen molar-refractivity contribution in [1.82, 2.24) is 15.5 Å². The normalized spacial score (nSPS) is 16.1. The Morgan fingerprint density at radius 3 is 2.55 bits per heavy atom. The first-order chi connectivity index (χ1) is 14.1. The van der Waals surface area contributed by atoms with Gasteiger partial charge in [0.15, 0.2) is 16.6 Å². The highest BCUT2D eigenvalue weighted by atomic mass is 32.1. The van der Waals surface area contributed by atoms with Gasteiger partial charge in [-0.15, -0.1) is 0 Å². The van der Waals surface area contributed by atoms with Gasteiger partial charge in [-0.3, -0.25) is 4.90 Å². The molecule has 1 unspecified atom stereocenters. The summed E-state index contributed by atoms with van der Waals surface area (Å²) in [6, 6.07) is 13.0. The molecule has 2 aromatic rings. The second kappa shape index (κ2) is 9.94. The summed E-state index contributed by atoms with van der Waals surface area (Å²) in [5, 5.41) is 7.27. The SMILES string of the molecule is CCNC(=S)NCC1c2cc(OC)c(OC)cc2CCN1Cc1ccccc1C. The van der Waals surface area contributed by atoms with E-state index in [9.17, 15) is 0 Å². The van der Waals surface area contributed by atoms with Crippen LogP contribution in [0.5, 0.6) is 11.5 Å². The Hall–Kier alpha value is -2.31. The number of benzene rings is 2. The lowest BCUT2D eigenvalue weighted by Gasteiger charge is -2.38. The molecule has 0 radical (unpaired) electrons. The lowest BCUT2D eigenvalue weighted by molar-refractivity contribution is 0.175. The number of aryl methyl sites for hydroxylation is 1. The fraction of sp³-hybridized carbons (Fsp3) is 0.435. The minimum atomic E-state index is 0.190. The average molecular weight is 414 g/mol. The van der Waals surface area contributed by atoms with Gasteiger partial charge in [-0.2, -0.15) is 0 Å². The van der Waals surface area contributed by atoms with E-state index in [1.54, 1.807) is 14.2 Å². The third-order valence-electron chi connectivity index (χ3n) is 5.54. The summed E-state index contributed by atoms with van der Waals surface area (Å²) in [5.41, 5.74) is 5.26. The fourth-order valence-corrected chi connectivity index (χ4v) is 4.15. The summed E-state index contributed by atoms with van der Waals surface area (Å²) < 4.78 is 11.1. The monoisotopic (exact) mass is 413 g/mol. The molecular formula is C23H31N3O2S. The molecule has 3 rings (SSSR count). The van der Waals surface area contributed by atoms with Crippen LogP contribution >= 0.6 is 12.2 Å². The summed E-state index contributed by atoms with van der Waals surface area (Å²) in [6.45, 7) is 7.66. The van der Waals surface area contributed by atoms with Crippen LogP contribution in [0, 0.1) is 6.92 Å². The van der Waals surface area contributed by atoms with E-state index in [0.717, 1.165) is 44.1 Å². The zero-order valence-corrected chi connectivity index (χ0v) is 18.6. The molecule has 0 spiro atoms. The van der Waals surface area contributed by atoms with Crippen LogP contribution in [0.4, 0.5) is 0 Å². The van der Waals surface area contributed by atoms with E-state index in [0.29, 0.717) is 5.11 Å². The van der Waals surface area contributed by atoms with Crippen molar-refractivity contribution in [3.05, 3.63) is 58.7 Å². The minimum Gasteiger partial charge on any atom is -0.493 e. The van der Waals surface area contributed by atoms with Gasteiger partial charge in [0.1, 0.15) is 0 Å². The Morgan fingerprint density at radius 1 is 1.14 bits per heavy atom. The van der Waals surface area contributed by atoms with E-state index < -0.39 is 0 Å². The largest absolute Gasteiger partial charge is 0.493 e. The molecule has 0 amide bonds. The summed E-state index contributed by atoms with van der Waals surface area (Å²) in [5.74, 6) is 1.55. The molecule has 2 N–H and O–H groups in total. The molecular weight excluding hydrogens is 382 g/mol. The van der Waals surface area contributed by atoms with Crippen LogP contribution in [0.3, 0.4) is 0 Å². The predicted molar refractivity (Wildman–Crippen MR) is 122 cm³/mol. The standard InChI is InChI=1S/C23H31N3O2S/c1-5-24-23(29)25-14-20-19-13-22(28-4)21(27-3)12-17(19)10-11-26(20)15-18-9-7-6-8-16(18)2/h6-9,12-13,20H,5,10-11,14-15H2,1-4H3,(H2,24,25,29). The molecule has 1 heterocycles. The summed E-state index contributed by atoms with van der Waals surface area (Å²) in [6.07, 6.45) is 0.982. The van der Waals surface area contributed by atoms with Crippen molar-refractivity contribution < 1.29 is 9.47 Å². The van der Waals surface area contributed by atoms with Crippen molar-refractivity contribution in [2.75, 3.05) is 33.9 Å². The molecule has 29 heavy (non-hydrogen) atoms. The molecule has 5 nitrogen and oxygen atoms in total. The molecule has 156 valence electrons. The van der Waals surface area contributed by atoms with Crippen LogP contribution in [0.1, 0.15) is 35.2 Å². The molecule has 1 atom stereocenters. The minimum absolute atomic E-state index is 0.190. The first-order valence-corrected chi connectivity index (χ1v) is 10.5. The molecule has 0 saturated heterocycles. The average Bonchev–Trinajstić information content (AvgIpc) is 2.73. The van der Waals surface area contributed by atoms with Crippen molar-refractivity contribution >= 4 is 17.3 Å². The van der Waals surface area contributed by atoms with Gasteiger partial charge >= 0.3 is 0 Å².